The van der Waals surface area contributed by atoms with Gasteiger partial charge in [-0.15, -0.1) is 0 Å². The second kappa shape index (κ2) is 25.4. The highest BCUT2D eigenvalue weighted by Crippen LogP contribution is 2.42. The number of aromatic nitrogens is 3. The normalized spacial score (nSPS) is 18.8. The first kappa shape index (κ1) is 56.3. The van der Waals surface area contributed by atoms with Crippen LogP contribution in [0.25, 0.3) is 11.1 Å². The van der Waals surface area contributed by atoms with Crippen LogP contribution in [0.1, 0.15) is 150 Å². The maximum atomic E-state index is 14.7. The molecule has 1 unspecified atom stereocenters. The number of pyridine rings is 1. The molecule has 2 saturated heterocycles. The number of likely N-dealkylation sites (tertiary alicyclic amines) is 1. The van der Waals surface area contributed by atoms with Crippen LogP contribution < -0.4 is 37.2 Å². The van der Waals surface area contributed by atoms with E-state index in [4.69, 9.17) is 10.8 Å². The van der Waals surface area contributed by atoms with Gasteiger partial charge in [0.05, 0.1) is 42.6 Å². The minimum atomic E-state index is -0.825. The summed E-state index contributed by atoms with van der Waals surface area (Å²) >= 11 is 0. The van der Waals surface area contributed by atoms with Gasteiger partial charge in [-0.3, -0.25) is 28.7 Å². The first-order valence-corrected chi connectivity index (χ1v) is 27.2. The van der Waals surface area contributed by atoms with Crippen LogP contribution in [0, 0.1) is 18.2 Å². The molecule has 7 rings (SSSR count). The molecule has 3 aliphatic rings. The summed E-state index contributed by atoms with van der Waals surface area (Å²) in [6, 6.07) is 13.7. The maximum absolute atomic E-state index is 14.7. The fourth-order valence-electron chi connectivity index (χ4n) is 10.9. The number of unbranched alkanes of at least 4 members (excludes halogenated alkanes) is 5. The first-order valence-electron chi connectivity index (χ1n) is 27.2. The van der Waals surface area contributed by atoms with E-state index >= 15 is 0 Å². The molecule has 3 aliphatic heterocycles. The van der Waals surface area contributed by atoms with E-state index in [1.54, 1.807) is 43.1 Å². The summed E-state index contributed by atoms with van der Waals surface area (Å²) in [6.07, 6.45) is 10.6. The Kier molecular flexibility index (Phi) is 19.1. The van der Waals surface area contributed by atoms with Crippen molar-refractivity contribution in [2.75, 3.05) is 50.9 Å². The number of rotatable bonds is 21. The number of fused-ring (bicyclic) bond motifs is 8. The maximum Gasteiger partial charge on any atom is 0.254 e. The van der Waals surface area contributed by atoms with Gasteiger partial charge in [0.15, 0.2) is 0 Å². The second-order valence-electron chi connectivity index (χ2n) is 21.8. The topological polar surface area (TPSA) is 212 Å². The number of nitrogen functional groups attached to an aromatic ring is 1. The molecule has 7 N–H and O–H groups in total. The van der Waals surface area contributed by atoms with Crippen LogP contribution in [-0.2, 0) is 32.3 Å². The van der Waals surface area contributed by atoms with Gasteiger partial charge in [0, 0.05) is 67.7 Å². The molecular weight excluding hydrogens is 952 g/mol. The summed E-state index contributed by atoms with van der Waals surface area (Å²) in [6.45, 7) is 14.4. The van der Waals surface area contributed by atoms with Gasteiger partial charge in [-0.05, 0) is 107 Å². The zero-order valence-electron chi connectivity index (χ0n) is 45.4. The van der Waals surface area contributed by atoms with E-state index in [0.29, 0.717) is 68.1 Å². The number of benzene rings is 2. The molecule has 0 spiro atoms. The lowest BCUT2D eigenvalue weighted by molar-refractivity contribution is -0.144. The van der Waals surface area contributed by atoms with Gasteiger partial charge in [-0.25, -0.2) is 9.37 Å². The number of nitrogens with two attached hydrogens (primary N) is 1. The Morgan fingerprint density at radius 2 is 1.69 bits per heavy atom. The number of hydrogen-bond donors (Lipinski definition) is 6. The summed E-state index contributed by atoms with van der Waals surface area (Å²) in [5.41, 5.74) is 12.0. The minimum Gasteiger partial charge on any atom is -0.382 e. The van der Waals surface area contributed by atoms with Gasteiger partial charge in [-0.2, -0.15) is 5.10 Å². The molecule has 406 valence electrons. The van der Waals surface area contributed by atoms with Crippen LogP contribution in [0.2, 0.25) is 0 Å². The molecule has 5 heterocycles. The summed E-state index contributed by atoms with van der Waals surface area (Å²) in [7, 11) is 3.44. The van der Waals surface area contributed by atoms with Crippen molar-refractivity contribution in [3.8, 4) is 11.1 Å². The third kappa shape index (κ3) is 13.7. The van der Waals surface area contributed by atoms with Gasteiger partial charge in [0.1, 0.15) is 23.7 Å². The van der Waals surface area contributed by atoms with Crippen LogP contribution in [-0.4, -0.2) is 119 Å². The number of carbonyl (C=O) groups is 5. The molecule has 6 atom stereocenters. The molecule has 75 heavy (non-hydrogen) atoms. The molecule has 0 aliphatic carbocycles. The van der Waals surface area contributed by atoms with Gasteiger partial charge in [-0.1, -0.05) is 83.7 Å². The number of amides is 5. The Bertz CT molecular complexity index is 2640. The number of carbonyl (C=O) groups excluding carboxylic acids is 5. The molecular formula is C57H81FN12O5. The van der Waals surface area contributed by atoms with Crippen LogP contribution in [0.4, 0.5) is 15.9 Å². The van der Waals surface area contributed by atoms with Crippen LogP contribution in [0.5, 0.6) is 0 Å². The standard InChI is InChI=1S/C57H81FN12O5/c1-9-44(38-20-15-14-16-21-38)64-54(73)48-32-41(34-69(48)56(75)51(57(4,5)6)65-53(72)36(2)60-7)61-26-18-13-11-10-12-17-23-49(71)62-27-29-70-37(3)50-39-30-47(52(59)63-33-39)68-28-19-22-46(68)43-31-40(58)24-25-42(43)55(74)67(8)35-45(50)66-70/h14-16,20-21,24-25,30-31,33,36,41,44,46,48,51,60-61H,9-13,17-19,22-23,26-29,32,34-35H2,1-8H3,(H2,59,63)(H,62,71)(H,64,73)(H,65,72)/t36-,41-,44+,46-,48-,51?/m1/s1. The molecule has 18 heteroatoms. The number of nitrogens with one attached hydrogen (secondary N) is 5. The fourth-order valence-corrected chi connectivity index (χ4v) is 10.9. The van der Waals surface area contributed by atoms with Gasteiger partial charge in [0.2, 0.25) is 23.6 Å². The molecule has 0 radical (unpaired) electrons. The summed E-state index contributed by atoms with van der Waals surface area (Å²) in [5, 5.41) is 20.8. The van der Waals surface area contributed by atoms with Crippen molar-refractivity contribution in [2.45, 2.75) is 162 Å². The third-order valence-corrected chi connectivity index (χ3v) is 15.3. The average Bonchev–Trinajstić information content (AvgIpc) is 4.13. The predicted molar refractivity (Wildman–Crippen MR) is 291 cm³/mol. The van der Waals surface area contributed by atoms with Crippen molar-refractivity contribution < 1.29 is 28.4 Å². The third-order valence-electron chi connectivity index (χ3n) is 15.3. The van der Waals surface area contributed by atoms with Gasteiger partial charge in [0.25, 0.3) is 5.91 Å². The minimum absolute atomic E-state index is 0.0130. The Hall–Kier alpha value is -6.40. The summed E-state index contributed by atoms with van der Waals surface area (Å²) < 4.78 is 16.6. The molecule has 17 nitrogen and oxygen atoms in total. The van der Waals surface area contributed by atoms with Crippen LogP contribution in [0.3, 0.4) is 0 Å². The largest absolute Gasteiger partial charge is 0.382 e. The summed E-state index contributed by atoms with van der Waals surface area (Å²) in [4.78, 5) is 78.6. The molecule has 2 fully saturated rings. The van der Waals surface area contributed by atoms with E-state index in [2.05, 4.69) is 36.5 Å². The van der Waals surface area contributed by atoms with E-state index in [1.807, 2.05) is 75.7 Å². The quantitative estimate of drug-likeness (QED) is 0.0483. The second-order valence-corrected chi connectivity index (χ2v) is 21.8. The number of likely N-dealkylation sites (N-methyl/N-ethyl adjacent to an activating group) is 1. The lowest BCUT2D eigenvalue weighted by Crippen LogP contribution is -2.59. The van der Waals surface area contributed by atoms with Crippen molar-refractivity contribution in [3.05, 3.63) is 94.7 Å². The van der Waals surface area contributed by atoms with Crippen molar-refractivity contribution >= 4 is 41.0 Å². The number of nitrogens with zero attached hydrogens (tertiary/aromatic N) is 6. The number of hydrogen-bond acceptors (Lipinski definition) is 11. The molecule has 2 aromatic heterocycles. The van der Waals surface area contributed by atoms with E-state index in [-0.39, 0.29) is 54.2 Å². The monoisotopic (exact) mass is 1030 g/mol. The Morgan fingerprint density at radius 1 is 0.960 bits per heavy atom. The van der Waals surface area contributed by atoms with Crippen LogP contribution >= 0.6 is 0 Å². The van der Waals surface area contributed by atoms with Crippen molar-refractivity contribution in [2.24, 2.45) is 5.41 Å². The Labute approximate surface area is 442 Å². The van der Waals surface area contributed by atoms with Crippen LogP contribution in [0.15, 0.2) is 60.8 Å². The van der Waals surface area contributed by atoms with Crippen molar-refractivity contribution in [1.82, 2.24) is 51.1 Å². The Balaban J connectivity index is 0.871. The Morgan fingerprint density at radius 3 is 2.41 bits per heavy atom. The van der Waals surface area contributed by atoms with Gasteiger partial charge < -0.3 is 47.0 Å². The zero-order valence-corrected chi connectivity index (χ0v) is 45.4. The highest BCUT2D eigenvalue weighted by Gasteiger charge is 2.45. The van der Waals surface area contributed by atoms with Gasteiger partial charge >= 0.3 is 0 Å². The average molecular weight is 1030 g/mol. The lowest BCUT2D eigenvalue weighted by Gasteiger charge is -2.36. The molecule has 0 saturated carbocycles. The van der Waals surface area contributed by atoms with E-state index in [1.165, 1.54) is 12.1 Å². The SMILES string of the molecule is CC[C@H](NC(=O)[C@H]1C[C@@H](NCCCCCCCCC(=O)NCCn2nc3c(c2C)-c2cnc(N)c(c2)N2CCC[C@@H]2c2cc(F)ccc2C(=O)N(C)C3)CN1C(=O)C(NC(=O)[C@@H](C)NC)C(C)(C)C)c1ccccc1. The predicted octanol–water partition coefficient (Wildman–Crippen LogP) is 6.71. The zero-order chi connectivity index (χ0) is 54.0. The smallest absolute Gasteiger partial charge is 0.254 e. The highest BCUT2D eigenvalue weighted by molar-refractivity contribution is 5.96. The lowest BCUT2D eigenvalue weighted by atomic mass is 9.85. The molecule has 5 amide bonds. The first-order chi connectivity index (χ1) is 35.9. The van der Waals surface area contributed by atoms with E-state index < -0.39 is 29.4 Å². The van der Waals surface area contributed by atoms with E-state index in [0.717, 1.165) is 86.0 Å². The fraction of sp³-hybridized carbons (Fsp3) is 0.561. The molecule has 2 aromatic carbocycles. The molecule has 4 aromatic rings. The van der Waals surface area contributed by atoms with Crippen molar-refractivity contribution in [1.29, 1.82) is 0 Å². The van der Waals surface area contributed by atoms with Crippen molar-refractivity contribution in [3.63, 3.8) is 0 Å². The van der Waals surface area contributed by atoms with E-state index in [9.17, 15) is 28.4 Å². The number of anilines is 2. The highest BCUT2D eigenvalue weighted by atomic mass is 19.1. The molecule has 2 bridgehead atoms. The summed E-state index contributed by atoms with van der Waals surface area (Å²) in [5.74, 6) is -0.990. The number of halogens is 1.